The third-order valence-corrected chi connectivity index (χ3v) is 4.43. The van der Waals surface area contributed by atoms with Gasteiger partial charge in [0.15, 0.2) is 0 Å². The number of hydrogen-bond acceptors (Lipinski definition) is 4. The van der Waals surface area contributed by atoms with Crippen LogP contribution in [0.5, 0.6) is 0 Å². The first kappa shape index (κ1) is 18.8. The van der Waals surface area contributed by atoms with Crippen molar-refractivity contribution < 1.29 is 4.79 Å². The van der Waals surface area contributed by atoms with E-state index in [1.54, 1.807) is 12.4 Å². The highest BCUT2D eigenvalue weighted by molar-refractivity contribution is 5.79. The maximum absolute atomic E-state index is 12.5. The molecule has 0 aliphatic rings. The van der Waals surface area contributed by atoms with Crippen molar-refractivity contribution in [3.8, 4) is 11.3 Å². The number of aromatic nitrogens is 4. The van der Waals surface area contributed by atoms with Crippen molar-refractivity contribution >= 4 is 5.91 Å². The number of hydrogen-bond donors (Lipinski definition) is 1. The summed E-state index contributed by atoms with van der Waals surface area (Å²) in [6.07, 6.45) is 5.93. The SMILES string of the molecule is CC(C)c1nccn1C(C)C(=O)NCCc1nccc(-c2ccccc2)n1. The molecule has 2 heterocycles. The molecular weight excluding hydrogens is 338 g/mol. The minimum atomic E-state index is -0.304. The summed E-state index contributed by atoms with van der Waals surface area (Å²) in [5, 5.41) is 2.98. The number of rotatable bonds is 7. The summed E-state index contributed by atoms with van der Waals surface area (Å²) in [5.74, 6) is 1.87. The highest BCUT2D eigenvalue weighted by Gasteiger charge is 2.18. The van der Waals surface area contributed by atoms with Gasteiger partial charge < -0.3 is 9.88 Å². The van der Waals surface area contributed by atoms with E-state index in [9.17, 15) is 4.79 Å². The van der Waals surface area contributed by atoms with Gasteiger partial charge in [0.2, 0.25) is 5.91 Å². The first-order valence-corrected chi connectivity index (χ1v) is 9.24. The summed E-state index contributed by atoms with van der Waals surface area (Å²) < 4.78 is 1.92. The fourth-order valence-corrected chi connectivity index (χ4v) is 2.96. The number of carbonyl (C=O) groups excluding carboxylic acids is 1. The number of benzene rings is 1. The van der Waals surface area contributed by atoms with Gasteiger partial charge in [0.25, 0.3) is 0 Å². The Balaban J connectivity index is 1.58. The fourth-order valence-electron chi connectivity index (χ4n) is 2.96. The van der Waals surface area contributed by atoms with Crippen LogP contribution in [0, 0.1) is 0 Å². The lowest BCUT2D eigenvalue weighted by Crippen LogP contribution is -2.33. The molecule has 1 aromatic carbocycles. The van der Waals surface area contributed by atoms with Gasteiger partial charge in [-0.25, -0.2) is 15.0 Å². The van der Waals surface area contributed by atoms with E-state index in [4.69, 9.17) is 0 Å². The zero-order valence-electron chi connectivity index (χ0n) is 16.0. The van der Waals surface area contributed by atoms with E-state index in [2.05, 4.69) is 34.1 Å². The summed E-state index contributed by atoms with van der Waals surface area (Å²) in [6, 6.07) is 11.6. The van der Waals surface area contributed by atoms with Crippen molar-refractivity contribution in [3.05, 3.63) is 66.6 Å². The van der Waals surface area contributed by atoms with E-state index in [-0.39, 0.29) is 17.9 Å². The van der Waals surface area contributed by atoms with Gasteiger partial charge in [0.05, 0.1) is 5.69 Å². The largest absolute Gasteiger partial charge is 0.354 e. The minimum absolute atomic E-state index is 0.0332. The van der Waals surface area contributed by atoms with Crippen LogP contribution in [0.4, 0.5) is 0 Å². The second-order valence-corrected chi connectivity index (χ2v) is 6.79. The highest BCUT2D eigenvalue weighted by Crippen LogP contribution is 2.17. The van der Waals surface area contributed by atoms with Crippen LogP contribution in [0.25, 0.3) is 11.3 Å². The van der Waals surface area contributed by atoms with E-state index in [1.165, 1.54) is 0 Å². The predicted molar refractivity (Wildman–Crippen MR) is 105 cm³/mol. The quantitative estimate of drug-likeness (QED) is 0.698. The van der Waals surface area contributed by atoms with Crippen LogP contribution < -0.4 is 5.32 Å². The second-order valence-electron chi connectivity index (χ2n) is 6.79. The molecule has 1 unspecified atom stereocenters. The number of nitrogens with zero attached hydrogens (tertiary/aromatic N) is 4. The molecule has 1 N–H and O–H groups in total. The van der Waals surface area contributed by atoms with Gasteiger partial charge in [0, 0.05) is 43.0 Å². The molecule has 1 atom stereocenters. The normalized spacial score (nSPS) is 12.1. The summed E-state index contributed by atoms with van der Waals surface area (Å²) in [4.78, 5) is 25.8. The van der Waals surface area contributed by atoms with E-state index in [0.717, 1.165) is 22.9 Å². The molecule has 1 amide bonds. The molecular formula is C21H25N5O. The molecule has 0 aliphatic heterocycles. The van der Waals surface area contributed by atoms with Gasteiger partial charge >= 0.3 is 0 Å². The zero-order valence-corrected chi connectivity index (χ0v) is 16.0. The van der Waals surface area contributed by atoms with Gasteiger partial charge in [-0.3, -0.25) is 4.79 Å². The number of amides is 1. The Morgan fingerprint density at radius 2 is 1.85 bits per heavy atom. The van der Waals surface area contributed by atoms with Gasteiger partial charge in [-0.05, 0) is 13.0 Å². The maximum Gasteiger partial charge on any atom is 0.242 e. The topological polar surface area (TPSA) is 72.7 Å². The summed E-state index contributed by atoms with van der Waals surface area (Å²) in [7, 11) is 0. The molecule has 0 spiro atoms. The molecule has 0 bridgehead atoms. The van der Waals surface area contributed by atoms with Gasteiger partial charge in [-0.2, -0.15) is 0 Å². The first-order chi connectivity index (χ1) is 13.1. The third kappa shape index (κ3) is 4.58. The molecule has 2 aromatic heterocycles. The molecule has 6 nitrogen and oxygen atoms in total. The Hall–Kier alpha value is -3.02. The van der Waals surface area contributed by atoms with Crippen LogP contribution >= 0.6 is 0 Å². The van der Waals surface area contributed by atoms with E-state index >= 15 is 0 Å². The Bertz CT molecular complexity index is 888. The molecule has 27 heavy (non-hydrogen) atoms. The van der Waals surface area contributed by atoms with Crippen molar-refractivity contribution in [1.29, 1.82) is 0 Å². The van der Waals surface area contributed by atoms with E-state index < -0.39 is 0 Å². The average molecular weight is 363 g/mol. The molecule has 3 rings (SSSR count). The lowest BCUT2D eigenvalue weighted by atomic mass is 10.1. The zero-order chi connectivity index (χ0) is 19.2. The fraction of sp³-hybridized carbons (Fsp3) is 0.333. The predicted octanol–water partition coefficient (Wildman–Crippen LogP) is 3.38. The summed E-state index contributed by atoms with van der Waals surface area (Å²) >= 11 is 0. The van der Waals surface area contributed by atoms with Crippen molar-refractivity contribution in [2.24, 2.45) is 0 Å². The summed E-state index contributed by atoms with van der Waals surface area (Å²) in [5.41, 5.74) is 1.94. The monoisotopic (exact) mass is 363 g/mol. The lowest BCUT2D eigenvalue weighted by Gasteiger charge is -2.17. The van der Waals surface area contributed by atoms with Crippen molar-refractivity contribution in [2.75, 3.05) is 6.54 Å². The molecule has 6 heteroatoms. The smallest absolute Gasteiger partial charge is 0.242 e. The second kappa shape index (κ2) is 8.58. The van der Waals surface area contributed by atoms with Crippen LogP contribution in [0.2, 0.25) is 0 Å². The van der Waals surface area contributed by atoms with E-state index in [0.29, 0.717) is 13.0 Å². The van der Waals surface area contributed by atoms with Gasteiger partial charge in [-0.1, -0.05) is 44.2 Å². The van der Waals surface area contributed by atoms with Crippen LogP contribution in [0.3, 0.4) is 0 Å². The highest BCUT2D eigenvalue weighted by atomic mass is 16.2. The molecule has 0 fully saturated rings. The van der Waals surface area contributed by atoms with Crippen molar-refractivity contribution in [2.45, 2.75) is 39.2 Å². The summed E-state index contributed by atoms with van der Waals surface area (Å²) in [6.45, 7) is 6.52. The Labute approximate surface area is 159 Å². The Kier molecular flexibility index (Phi) is 5.96. The standard InChI is InChI=1S/C21H25N5O/c1-15(2)20-23-13-14-26(20)16(3)21(27)24-12-10-19-22-11-9-18(25-19)17-7-5-4-6-8-17/h4-9,11,13-16H,10,12H2,1-3H3,(H,24,27). The van der Waals surface area contributed by atoms with Crippen LogP contribution in [-0.2, 0) is 11.2 Å². The number of carbonyl (C=O) groups is 1. The number of nitrogens with one attached hydrogen (secondary N) is 1. The molecule has 0 saturated heterocycles. The Morgan fingerprint density at radius 1 is 1.07 bits per heavy atom. The van der Waals surface area contributed by atoms with Gasteiger partial charge in [0.1, 0.15) is 17.7 Å². The molecule has 0 radical (unpaired) electrons. The first-order valence-electron chi connectivity index (χ1n) is 9.24. The van der Waals surface area contributed by atoms with Crippen LogP contribution in [0.1, 0.15) is 44.4 Å². The lowest BCUT2D eigenvalue weighted by molar-refractivity contribution is -0.123. The molecule has 3 aromatic rings. The molecule has 140 valence electrons. The van der Waals surface area contributed by atoms with Crippen molar-refractivity contribution in [1.82, 2.24) is 24.8 Å². The number of imidazole rings is 1. The van der Waals surface area contributed by atoms with Gasteiger partial charge in [-0.15, -0.1) is 0 Å². The van der Waals surface area contributed by atoms with E-state index in [1.807, 2.05) is 54.1 Å². The van der Waals surface area contributed by atoms with Crippen molar-refractivity contribution in [3.63, 3.8) is 0 Å². The maximum atomic E-state index is 12.5. The van der Waals surface area contributed by atoms with Crippen LogP contribution in [0.15, 0.2) is 55.0 Å². The Morgan fingerprint density at radius 3 is 2.59 bits per heavy atom. The van der Waals surface area contributed by atoms with Crippen LogP contribution in [-0.4, -0.2) is 32.0 Å². The minimum Gasteiger partial charge on any atom is -0.354 e. The third-order valence-electron chi connectivity index (χ3n) is 4.43. The molecule has 0 saturated carbocycles. The molecule has 0 aliphatic carbocycles. The average Bonchev–Trinajstić information content (AvgIpc) is 3.18.